The topological polar surface area (TPSA) is 153 Å². The molecule has 0 aromatic heterocycles. The van der Waals surface area contributed by atoms with Crippen molar-refractivity contribution in [2.45, 2.75) is 38.8 Å². The number of carbonyl (C=O) groups is 3. The van der Waals surface area contributed by atoms with Crippen molar-refractivity contribution in [3.63, 3.8) is 0 Å². The van der Waals surface area contributed by atoms with Crippen LogP contribution in [0.2, 0.25) is 0 Å². The van der Waals surface area contributed by atoms with Crippen molar-refractivity contribution in [1.29, 1.82) is 0 Å². The largest absolute Gasteiger partial charge is 1.00 e. The normalized spacial score (nSPS) is 15.7. The zero-order valence-corrected chi connectivity index (χ0v) is 16.1. The van der Waals surface area contributed by atoms with Crippen LogP contribution in [0.5, 0.6) is 0 Å². The van der Waals surface area contributed by atoms with E-state index in [4.69, 9.17) is 10.7 Å². The predicted octanol–water partition coefficient (Wildman–Crippen LogP) is -4.98. The number of carbonyl (C=O) groups excluding carboxylic acids is 3. The van der Waals surface area contributed by atoms with Gasteiger partial charge in [-0.1, -0.05) is 0 Å². The average molecular weight is 345 g/mol. The first-order valence-corrected chi connectivity index (χ1v) is 8.62. The summed E-state index contributed by atoms with van der Waals surface area (Å²) in [4.78, 5) is 43.0. The van der Waals surface area contributed by atoms with Crippen LogP contribution in [0.25, 0.3) is 0 Å². The summed E-state index contributed by atoms with van der Waals surface area (Å²) < 4.78 is 11.1. The zero-order valence-electron chi connectivity index (χ0n) is 13.2. The molecule has 0 bridgehead atoms. The van der Waals surface area contributed by atoms with E-state index >= 15 is 0 Å². The number of carboxylic acid groups (broad SMARTS) is 1. The molecule has 0 aliphatic rings. The molecular weight excluding hydrogens is 324 g/mol. The number of nitrogens with zero attached hydrogens (tertiary/aromatic N) is 1. The van der Waals surface area contributed by atoms with Gasteiger partial charge in [-0.3, -0.25) is 19.2 Å². The van der Waals surface area contributed by atoms with Gasteiger partial charge in [-0.2, -0.15) is 0 Å². The number of hydrazine groups is 1. The number of nitrogens with two attached hydrogens (primary N) is 1. The maximum Gasteiger partial charge on any atom is 1.00 e. The minimum atomic E-state index is -3.19. The van der Waals surface area contributed by atoms with E-state index in [-0.39, 0.29) is 48.6 Å². The van der Waals surface area contributed by atoms with Crippen LogP contribution in [0.3, 0.4) is 0 Å². The summed E-state index contributed by atoms with van der Waals surface area (Å²) in [5.74, 6) is 2.73. The Morgan fingerprint density at radius 1 is 1.36 bits per heavy atom. The molecule has 0 aromatic carbocycles. The molecule has 0 aromatic rings. The second-order valence-electron chi connectivity index (χ2n) is 4.90. The third kappa shape index (κ3) is 9.55. The van der Waals surface area contributed by atoms with E-state index in [2.05, 4.69) is 5.32 Å². The average Bonchev–Trinajstić information content (AvgIpc) is 2.34. The zero-order chi connectivity index (χ0) is 16.8. The van der Waals surface area contributed by atoms with E-state index in [0.29, 0.717) is 5.01 Å². The quantitative estimate of drug-likeness (QED) is 0.131. The van der Waals surface area contributed by atoms with Gasteiger partial charge in [0, 0.05) is 19.2 Å². The van der Waals surface area contributed by atoms with E-state index < -0.39 is 37.2 Å². The summed E-state index contributed by atoms with van der Waals surface area (Å²) in [6.07, 6.45) is 0.0675. The molecule has 2 amide bonds. The third-order valence-electron chi connectivity index (χ3n) is 2.76. The number of rotatable bonds is 8. The molecule has 0 saturated heterocycles. The van der Waals surface area contributed by atoms with Gasteiger partial charge in [-0.05, 0) is 20.3 Å². The molecule has 9 nitrogen and oxygen atoms in total. The Morgan fingerprint density at radius 3 is 2.27 bits per heavy atom. The van der Waals surface area contributed by atoms with Crippen LogP contribution in [-0.4, -0.2) is 52.6 Å². The van der Waals surface area contributed by atoms with Crippen molar-refractivity contribution in [2.75, 3.05) is 12.8 Å². The summed E-state index contributed by atoms with van der Waals surface area (Å²) in [7, 11) is -3.19. The molecule has 0 saturated carbocycles. The summed E-state index contributed by atoms with van der Waals surface area (Å²) in [6.45, 7) is 3.75. The van der Waals surface area contributed by atoms with Gasteiger partial charge >= 0.3 is 29.6 Å². The first-order valence-electron chi connectivity index (χ1n) is 6.33. The van der Waals surface area contributed by atoms with E-state index in [1.807, 2.05) is 0 Å². The van der Waals surface area contributed by atoms with E-state index in [1.165, 1.54) is 20.5 Å². The second-order valence-corrected chi connectivity index (χ2v) is 7.45. The number of hydrogen-bond donors (Lipinski definition) is 3. The molecule has 4 N–H and O–H groups in total. The van der Waals surface area contributed by atoms with Gasteiger partial charge in [0.2, 0.25) is 11.8 Å². The van der Waals surface area contributed by atoms with Gasteiger partial charge in [0.15, 0.2) is 7.37 Å². The fourth-order valence-corrected chi connectivity index (χ4v) is 2.13. The number of amides is 2. The van der Waals surface area contributed by atoms with Gasteiger partial charge in [0.25, 0.3) is 0 Å². The minimum absolute atomic E-state index is 0. The molecule has 0 radical (unpaired) electrons. The molecule has 0 aliphatic heterocycles. The summed E-state index contributed by atoms with van der Waals surface area (Å²) in [6, 6.07) is -2.27. The summed E-state index contributed by atoms with van der Waals surface area (Å²) >= 11 is 0. The maximum absolute atomic E-state index is 11.7. The number of nitrogens with one attached hydrogen (secondary N) is 1. The summed E-state index contributed by atoms with van der Waals surface area (Å²) in [5, 5.41) is 13.3. The Hall–Kier alpha value is -0.440. The maximum atomic E-state index is 11.7. The van der Waals surface area contributed by atoms with Gasteiger partial charge in [0.05, 0.1) is 12.0 Å². The fourth-order valence-electron chi connectivity index (χ4n) is 1.39. The Labute approximate surface area is 151 Å². The van der Waals surface area contributed by atoms with Crippen LogP contribution in [0, 0.1) is 0 Å². The van der Waals surface area contributed by atoms with E-state index in [0.717, 1.165) is 0 Å². The van der Waals surface area contributed by atoms with Crippen LogP contribution < -0.4 is 45.8 Å². The Morgan fingerprint density at radius 2 is 1.86 bits per heavy atom. The number of hydrogen-bond acceptors (Lipinski definition) is 6. The smallest absolute Gasteiger partial charge is 0.548 e. The second kappa shape index (κ2) is 10.4. The van der Waals surface area contributed by atoms with Crippen LogP contribution in [0.15, 0.2) is 0 Å². The molecular formula is C11H21N3NaO6P. The molecule has 3 atom stereocenters. The number of aliphatic carboxylic acids is 1. The molecule has 122 valence electrons. The Bertz CT molecular complexity index is 455. The monoisotopic (exact) mass is 345 g/mol. The van der Waals surface area contributed by atoms with Crippen LogP contribution >= 0.6 is 7.37 Å². The van der Waals surface area contributed by atoms with Crippen molar-refractivity contribution in [2.24, 2.45) is 5.84 Å². The molecule has 0 fully saturated rings. The first-order chi connectivity index (χ1) is 9.45. The van der Waals surface area contributed by atoms with Gasteiger partial charge in [-0.25, -0.2) is 5.84 Å². The van der Waals surface area contributed by atoms with E-state index in [1.54, 1.807) is 0 Å². The van der Waals surface area contributed by atoms with Gasteiger partial charge in [-0.15, -0.1) is 0 Å². The van der Waals surface area contributed by atoms with Crippen LogP contribution in [0.1, 0.15) is 26.7 Å². The molecule has 11 heteroatoms. The standard InChI is InChI=1S/C11H22N3O6P.Na/c1-7(11(17)18)13-10(16)8(2)14(12)9(15)5-4-6-21(3,19)20;/h7-8H,4-6,12H2,1-3H3,(H,13,16)(H,17,18)(H,19,20);/q;+1/p-1/t7-,8-;/m0./s1. The minimum Gasteiger partial charge on any atom is -0.548 e. The molecule has 0 heterocycles. The molecule has 0 rings (SSSR count). The predicted molar refractivity (Wildman–Crippen MR) is 73.0 cm³/mol. The molecule has 0 aliphatic carbocycles. The van der Waals surface area contributed by atoms with Crippen molar-refractivity contribution >= 4 is 25.2 Å². The van der Waals surface area contributed by atoms with Crippen LogP contribution in [0.4, 0.5) is 0 Å². The molecule has 1 unspecified atom stereocenters. The third-order valence-corrected chi connectivity index (χ3v) is 3.91. The van der Waals surface area contributed by atoms with Crippen molar-refractivity contribution in [1.82, 2.24) is 10.3 Å². The fraction of sp³-hybridized carbons (Fsp3) is 0.727. The Kier molecular flexibility index (Phi) is 11.2. The van der Waals surface area contributed by atoms with Crippen molar-refractivity contribution in [3.05, 3.63) is 0 Å². The number of carboxylic acids is 1. The van der Waals surface area contributed by atoms with E-state index in [9.17, 15) is 24.1 Å². The molecule has 22 heavy (non-hydrogen) atoms. The SMILES string of the molecule is C[C@H](NC(=O)[C@H](C)N(N)C(=O)CCCP(C)(=O)O)C(=O)[O-].[Na+]. The van der Waals surface area contributed by atoms with Gasteiger partial charge < -0.3 is 20.1 Å². The van der Waals surface area contributed by atoms with Crippen LogP contribution in [-0.2, 0) is 18.9 Å². The Balaban J connectivity index is 0. The van der Waals surface area contributed by atoms with Crippen molar-refractivity contribution < 1.29 is 58.5 Å². The summed E-state index contributed by atoms with van der Waals surface area (Å²) in [5.41, 5.74) is 0. The molecule has 0 spiro atoms. The van der Waals surface area contributed by atoms with Gasteiger partial charge in [0.1, 0.15) is 6.04 Å². The first kappa shape index (κ1) is 23.8. The van der Waals surface area contributed by atoms with Crippen molar-refractivity contribution in [3.8, 4) is 0 Å².